The van der Waals surface area contributed by atoms with E-state index in [1.807, 2.05) is 19.9 Å². The summed E-state index contributed by atoms with van der Waals surface area (Å²) in [7, 11) is 0. The van der Waals surface area contributed by atoms with Crippen LogP contribution >= 0.6 is 0 Å². The second kappa shape index (κ2) is 7.80. The number of nitrogens with one attached hydrogen (secondary N) is 1. The molecule has 2 aromatic heterocycles. The molecule has 2 bridgehead atoms. The van der Waals surface area contributed by atoms with E-state index in [1.165, 1.54) is 4.57 Å². The minimum absolute atomic E-state index is 0.0472. The lowest BCUT2D eigenvalue weighted by atomic mass is 9.53. The SMILES string of the molecule is CCCn1c(=O)c2[nH]c(C34CCC(C=C(C)C(=O)O)(CC3)CC4)nc2n(CCC)c1=O. The van der Waals surface area contributed by atoms with Crippen molar-refractivity contribution in [3.8, 4) is 0 Å². The van der Waals surface area contributed by atoms with Crippen molar-refractivity contribution in [2.24, 2.45) is 5.41 Å². The van der Waals surface area contributed by atoms with Crippen molar-refractivity contribution < 1.29 is 9.90 Å². The lowest BCUT2D eigenvalue weighted by Gasteiger charge is -2.51. The number of rotatable bonds is 7. The second-order valence-electron chi connectivity index (χ2n) is 9.45. The number of allylic oxidation sites excluding steroid dienone is 1. The molecule has 3 fully saturated rings. The van der Waals surface area contributed by atoms with Crippen LogP contribution in [0.5, 0.6) is 0 Å². The first-order chi connectivity index (χ1) is 14.8. The molecule has 0 atom stereocenters. The number of aliphatic carboxylic acids is 1. The number of carboxylic acid groups (broad SMARTS) is 1. The topological polar surface area (TPSA) is 110 Å². The van der Waals surface area contributed by atoms with E-state index in [0.717, 1.165) is 50.8 Å². The average Bonchev–Trinajstić information content (AvgIpc) is 3.21. The van der Waals surface area contributed by atoms with Gasteiger partial charge < -0.3 is 10.1 Å². The Bertz CT molecular complexity index is 1140. The minimum Gasteiger partial charge on any atom is -0.478 e. The van der Waals surface area contributed by atoms with E-state index in [1.54, 1.807) is 11.5 Å². The Balaban J connectivity index is 1.75. The van der Waals surface area contributed by atoms with E-state index in [0.29, 0.717) is 36.2 Å². The largest absolute Gasteiger partial charge is 0.478 e. The smallest absolute Gasteiger partial charge is 0.332 e. The van der Waals surface area contributed by atoms with Crippen LogP contribution in [0.2, 0.25) is 0 Å². The van der Waals surface area contributed by atoms with Crippen LogP contribution < -0.4 is 11.2 Å². The monoisotopic (exact) mass is 428 g/mol. The molecular weight excluding hydrogens is 396 g/mol. The summed E-state index contributed by atoms with van der Waals surface area (Å²) in [6.45, 7) is 6.55. The number of carbonyl (C=O) groups is 1. The Morgan fingerprint density at radius 2 is 1.65 bits per heavy atom. The molecule has 5 rings (SSSR count). The van der Waals surface area contributed by atoms with Crippen LogP contribution in [0.15, 0.2) is 21.2 Å². The number of H-pyrrole nitrogens is 1. The molecule has 3 aliphatic rings. The molecule has 168 valence electrons. The van der Waals surface area contributed by atoms with E-state index in [9.17, 15) is 19.5 Å². The van der Waals surface area contributed by atoms with E-state index in [2.05, 4.69) is 4.98 Å². The number of aromatic nitrogens is 4. The summed E-state index contributed by atoms with van der Waals surface area (Å²) < 4.78 is 2.96. The molecule has 0 aliphatic heterocycles. The number of hydrogen-bond donors (Lipinski definition) is 2. The fourth-order valence-corrected chi connectivity index (χ4v) is 5.57. The molecule has 8 heteroatoms. The molecule has 8 nitrogen and oxygen atoms in total. The molecule has 0 unspecified atom stereocenters. The fraction of sp³-hybridized carbons (Fsp3) is 0.652. The third kappa shape index (κ3) is 3.46. The molecular formula is C23H32N4O4. The quantitative estimate of drug-likeness (QED) is 0.657. The molecule has 0 saturated heterocycles. The normalized spacial score (nSPS) is 26.0. The number of fused-ring (bicyclic) bond motifs is 4. The van der Waals surface area contributed by atoms with Crippen molar-refractivity contribution in [3.63, 3.8) is 0 Å². The van der Waals surface area contributed by atoms with Gasteiger partial charge >= 0.3 is 11.7 Å². The maximum atomic E-state index is 13.0. The first-order valence-electron chi connectivity index (χ1n) is 11.4. The minimum atomic E-state index is -0.855. The molecule has 0 amide bonds. The lowest BCUT2D eigenvalue weighted by molar-refractivity contribution is -0.132. The van der Waals surface area contributed by atoms with Gasteiger partial charge in [0.1, 0.15) is 11.3 Å². The maximum absolute atomic E-state index is 13.0. The van der Waals surface area contributed by atoms with Gasteiger partial charge in [0.15, 0.2) is 5.65 Å². The van der Waals surface area contributed by atoms with Gasteiger partial charge in [-0.1, -0.05) is 19.9 Å². The first-order valence-corrected chi connectivity index (χ1v) is 11.4. The zero-order chi connectivity index (χ0) is 22.4. The van der Waals surface area contributed by atoms with Crippen LogP contribution in [-0.4, -0.2) is 30.2 Å². The van der Waals surface area contributed by atoms with Gasteiger partial charge in [-0.2, -0.15) is 0 Å². The summed E-state index contributed by atoms with van der Waals surface area (Å²) in [4.78, 5) is 45.5. The van der Waals surface area contributed by atoms with Crippen molar-refractivity contribution in [3.05, 3.63) is 38.3 Å². The zero-order valence-corrected chi connectivity index (χ0v) is 18.7. The lowest BCUT2D eigenvalue weighted by Crippen LogP contribution is -2.44. The predicted octanol–water partition coefficient (Wildman–Crippen LogP) is 3.33. The van der Waals surface area contributed by atoms with E-state index >= 15 is 0 Å². The van der Waals surface area contributed by atoms with Gasteiger partial charge in [-0.25, -0.2) is 14.6 Å². The average molecular weight is 429 g/mol. The van der Waals surface area contributed by atoms with Gasteiger partial charge in [0.25, 0.3) is 5.56 Å². The van der Waals surface area contributed by atoms with Crippen molar-refractivity contribution in [1.29, 1.82) is 0 Å². The summed E-state index contributed by atoms with van der Waals surface area (Å²) >= 11 is 0. The number of nitrogens with zero attached hydrogens (tertiary/aromatic N) is 3. The van der Waals surface area contributed by atoms with Gasteiger partial charge in [-0.3, -0.25) is 13.9 Å². The summed E-state index contributed by atoms with van der Waals surface area (Å²) in [5.74, 6) is -0.0448. The van der Waals surface area contributed by atoms with Crippen LogP contribution in [0.4, 0.5) is 0 Å². The number of aromatic amines is 1. The standard InChI is InChI=1S/C23H32N4O4/c1-4-12-26-17-16(18(28)27(13-5-2)21(26)31)24-20(25-17)23-9-6-22(7-10-23,8-11-23)14-15(3)19(29)30/h14H,4-13H2,1-3H3,(H,24,25)(H,29,30). The maximum Gasteiger partial charge on any atom is 0.332 e. The van der Waals surface area contributed by atoms with Crippen LogP contribution in [0.1, 0.15) is 78.0 Å². The highest BCUT2D eigenvalue weighted by atomic mass is 16.4. The van der Waals surface area contributed by atoms with Crippen LogP contribution in [0, 0.1) is 5.41 Å². The van der Waals surface area contributed by atoms with Crippen molar-refractivity contribution >= 4 is 17.1 Å². The predicted molar refractivity (Wildman–Crippen MR) is 118 cm³/mol. The van der Waals surface area contributed by atoms with Gasteiger partial charge in [0.05, 0.1) is 0 Å². The van der Waals surface area contributed by atoms with E-state index in [4.69, 9.17) is 4.98 Å². The molecule has 3 aliphatic carbocycles. The number of imidazole rings is 1. The Kier molecular flexibility index (Phi) is 5.43. The van der Waals surface area contributed by atoms with Crippen molar-refractivity contribution in [2.45, 2.75) is 90.6 Å². The molecule has 31 heavy (non-hydrogen) atoms. The van der Waals surface area contributed by atoms with Gasteiger partial charge in [-0.05, 0) is 63.7 Å². The Morgan fingerprint density at radius 1 is 1.06 bits per heavy atom. The summed E-state index contributed by atoms with van der Waals surface area (Å²) in [6, 6.07) is 0. The highest BCUT2D eigenvalue weighted by Crippen LogP contribution is 2.58. The molecule has 2 heterocycles. The third-order valence-corrected chi connectivity index (χ3v) is 7.42. The van der Waals surface area contributed by atoms with Crippen LogP contribution in [0.25, 0.3) is 11.2 Å². The zero-order valence-electron chi connectivity index (χ0n) is 18.7. The Labute approximate surface area is 181 Å². The number of carboxylic acids is 1. The molecule has 2 N–H and O–H groups in total. The Hall–Kier alpha value is -2.64. The molecule has 0 spiro atoms. The summed E-state index contributed by atoms with van der Waals surface area (Å²) in [6.07, 6.45) is 8.89. The Morgan fingerprint density at radius 3 is 2.19 bits per heavy atom. The van der Waals surface area contributed by atoms with Gasteiger partial charge in [-0.15, -0.1) is 0 Å². The molecule has 0 aromatic carbocycles. The molecule has 2 aromatic rings. The highest BCUT2D eigenvalue weighted by Gasteiger charge is 2.50. The molecule has 3 saturated carbocycles. The van der Waals surface area contributed by atoms with Gasteiger partial charge in [0, 0.05) is 24.1 Å². The summed E-state index contributed by atoms with van der Waals surface area (Å²) in [5, 5.41) is 9.28. The number of hydrogen-bond acceptors (Lipinski definition) is 4. The van der Waals surface area contributed by atoms with E-state index in [-0.39, 0.29) is 22.1 Å². The first kappa shape index (κ1) is 21.6. The molecule has 0 radical (unpaired) electrons. The number of aryl methyl sites for hydroxylation is 1. The van der Waals surface area contributed by atoms with Crippen LogP contribution in [-0.2, 0) is 23.3 Å². The van der Waals surface area contributed by atoms with Crippen LogP contribution in [0.3, 0.4) is 0 Å². The second-order valence-corrected chi connectivity index (χ2v) is 9.45. The van der Waals surface area contributed by atoms with Crippen molar-refractivity contribution in [1.82, 2.24) is 19.1 Å². The van der Waals surface area contributed by atoms with Gasteiger partial charge in [0.2, 0.25) is 0 Å². The highest BCUT2D eigenvalue weighted by molar-refractivity contribution is 5.85. The van der Waals surface area contributed by atoms with Crippen molar-refractivity contribution in [2.75, 3.05) is 0 Å². The third-order valence-electron chi connectivity index (χ3n) is 7.42. The fourth-order valence-electron chi connectivity index (χ4n) is 5.57. The van der Waals surface area contributed by atoms with E-state index < -0.39 is 5.97 Å². The summed E-state index contributed by atoms with van der Waals surface area (Å²) in [5.41, 5.74) is 0.559.